The van der Waals surface area contributed by atoms with Gasteiger partial charge in [0.1, 0.15) is 0 Å². The smallest absolute Gasteiger partial charge is 0.231 e. The van der Waals surface area contributed by atoms with Crippen molar-refractivity contribution in [1.82, 2.24) is 0 Å². The van der Waals surface area contributed by atoms with Gasteiger partial charge in [0.25, 0.3) is 0 Å². The number of alkyl halides is 1. The molecular weight excluding hydrogens is 330 g/mol. The Morgan fingerprint density at radius 1 is 1.43 bits per heavy atom. The second-order valence-corrected chi connectivity index (χ2v) is 7.16. The molecule has 1 amide bonds. The third-order valence-electron chi connectivity index (χ3n) is 4.56. The Labute approximate surface area is 134 Å². The zero-order valence-electron chi connectivity index (χ0n) is 12.5. The van der Waals surface area contributed by atoms with E-state index in [9.17, 15) is 4.79 Å². The molecule has 0 saturated carbocycles. The van der Waals surface area contributed by atoms with Crippen LogP contribution in [-0.4, -0.2) is 25.7 Å². The minimum atomic E-state index is 0.184. The van der Waals surface area contributed by atoms with Crippen molar-refractivity contribution < 1.29 is 9.53 Å². The van der Waals surface area contributed by atoms with Gasteiger partial charge in [-0.25, -0.2) is 0 Å². The van der Waals surface area contributed by atoms with E-state index in [1.807, 2.05) is 7.05 Å². The van der Waals surface area contributed by atoms with Gasteiger partial charge in [-0.3, -0.25) is 4.79 Å². The zero-order valence-corrected chi connectivity index (χ0v) is 14.1. The molecule has 114 valence electrons. The van der Waals surface area contributed by atoms with Gasteiger partial charge in [-0.15, -0.1) is 0 Å². The number of nitrogens with zero attached hydrogens (tertiary/aromatic N) is 1. The number of hydrogen-bond acceptors (Lipinski definition) is 2. The maximum atomic E-state index is 11.7. The van der Waals surface area contributed by atoms with Crippen LogP contribution in [0.1, 0.15) is 48.1 Å². The molecule has 1 aromatic carbocycles. The Bertz CT molecular complexity index is 526. The summed E-state index contributed by atoms with van der Waals surface area (Å²) in [7, 11) is 1.85. The normalized spacial score (nSPS) is 23.2. The Morgan fingerprint density at radius 2 is 2.29 bits per heavy atom. The summed E-state index contributed by atoms with van der Waals surface area (Å²) < 4.78 is 5.79. The lowest BCUT2D eigenvalue weighted by atomic mass is 9.99. The number of hydrogen-bond donors (Lipinski definition) is 0. The first-order valence-electron chi connectivity index (χ1n) is 7.80. The first-order valence-corrected chi connectivity index (χ1v) is 8.72. The Morgan fingerprint density at radius 3 is 3.05 bits per heavy atom. The van der Waals surface area contributed by atoms with E-state index in [4.69, 9.17) is 4.74 Å². The number of ether oxygens (including phenoxy) is 1. The molecule has 3 rings (SSSR count). The average Bonchev–Trinajstić information content (AvgIpc) is 2.80. The maximum absolute atomic E-state index is 11.7. The van der Waals surface area contributed by atoms with Crippen molar-refractivity contribution in [3.8, 4) is 0 Å². The quantitative estimate of drug-likeness (QED) is 0.767. The van der Waals surface area contributed by atoms with Gasteiger partial charge in [0.15, 0.2) is 0 Å². The predicted molar refractivity (Wildman–Crippen MR) is 88.0 cm³/mol. The molecule has 0 bridgehead atoms. The number of anilines is 1. The summed E-state index contributed by atoms with van der Waals surface area (Å²) in [5, 5.41) is 0. The Balaban J connectivity index is 1.61. The van der Waals surface area contributed by atoms with Gasteiger partial charge in [0.2, 0.25) is 5.91 Å². The monoisotopic (exact) mass is 351 g/mol. The van der Waals surface area contributed by atoms with Gasteiger partial charge in [-0.05, 0) is 49.3 Å². The van der Waals surface area contributed by atoms with Crippen LogP contribution in [0.2, 0.25) is 0 Å². The highest BCUT2D eigenvalue weighted by Gasteiger charge is 2.25. The fourth-order valence-corrected chi connectivity index (χ4v) is 3.77. The number of halogens is 1. The number of fused-ring (bicyclic) bond motifs is 1. The minimum Gasteiger partial charge on any atom is -0.378 e. The second-order valence-electron chi connectivity index (χ2n) is 6.05. The van der Waals surface area contributed by atoms with Gasteiger partial charge in [-0.1, -0.05) is 28.1 Å². The first-order chi connectivity index (χ1) is 10.1. The van der Waals surface area contributed by atoms with Crippen LogP contribution in [0.4, 0.5) is 5.69 Å². The fraction of sp³-hybridized carbons (Fsp3) is 0.588. The van der Waals surface area contributed by atoms with E-state index in [-0.39, 0.29) is 5.91 Å². The van der Waals surface area contributed by atoms with Crippen molar-refractivity contribution in [2.24, 2.45) is 0 Å². The summed E-state index contributed by atoms with van der Waals surface area (Å²) in [6, 6.07) is 6.38. The van der Waals surface area contributed by atoms with Gasteiger partial charge >= 0.3 is 0 Å². The largest absolute Gasteiger partial charge is 0.378 e. The van der Waals surface area contributed by atoms with Crippen molar-refractivity contribution in [3.63, 3.8) is 0 Å². The highest BCUT2D eigenvalue weighted by atomic mass is 79.9. The fourth-order valence-electron chi connectivity index (χ4n) is 3.22. The molecule has 2 atom stereocenters. The van der Waals surface area contributed by atoms with E-state index in [0.29, 0.717) is 17.4 Å². The predicted octanol–water partition coefficient (Wildman–Crippen LogP) is 3.99. The van der Waals surface area contributed by atoms with Gasteiger partial charge in [0, 0.05) is 24.2 Å². The van der Waals surface area contributed by atoms with E-state index in [1.165, 1.54) is 24.8 Å². The molecule has 0 radical (unpaired) electrons. The van der Waals surface area contributed by atoms with Crippen molar-refractivity contribution in [2.75, 3.05) is 18.6 Å². The van der Waals surface area contributed by atoms with Gasteiger partial charge in [0.05, 0.1) is 12.5 Å². The molecule has 4 heteroatoms. The molecule has 2 heterocycles. The lowest BCUT2D eigenvalue weighted by Crippen LogP contribution is -2.20. The molecular formula is C17H22BrNO2. The molecule has 21 heavy (non-hydrogen) atoms. The van der Waals surface area contributed by atoms with Crippen LogP contribution in [0.25, 0.3) is 0 Å². The molecule has 2 aliphatic rings. The molecule has 0 N–H and O–H groups in total. The zero-order chi connectivity index (χ0) is 14.8. The first kappa shape index (κ1) is 15.0. The number of benzene rings is 1. The summed E-state index contributed by atoms with van der Waals surface area (Å²) in [6.45, 7) is 0.922. The highest BCUT2D eigenvalue weighted by Crippen LogP contribution is 2.35. The van der Waals surface area contributed by atoms with Crippen LogP contribution in [0.15, 0.2) is 18.2 Å². The van der Waals surface area contributed by atoms with E-state index in [2.05, 4.69) is 34.1 Å². The highest BCUT2D eigenvalue weighted by molar-refractivity contribution is 9.09. The van der Waals surface area contributed by atoms with E-state index in [0.717, 1.165) is 30.7 Å². The molecule has 0 aliphatic carbocycles. The lowest BCUT2D eigenvalue weighted by Gasteiger charge is -2.23. The Hall–Kier alpha value is -0.870. The van der Waals surface area contributed by atoms with E-state index in [1.54, 1.807) is 4.90 Å². The van der Waals surface area contributed by atoms with Gasteiger partial charge < -0.3 is 9.64 Å². The number of carbonyl (C=O) groups is 1. The lowest BCUT2D eigenvalue weighted by molar-refractivity contribution is -0.117. The van der Waals surface area contributed by atoms with Crippen LogP contribution in [-0.2, 0) is 16.0 Å². The third-order valence-corrected chi connectivity index (χ3v) is 5.54. The summed E-state index contributed by atoms with van der Waals surface area (Å²) in [5.41, 5.74) is 3.48. The number of amides is 1. The van der Waals surface area contributed by atoms with Crippen LogP contribution in [0.3, 0.4) is 0 Å². The van der Waals surface area contributed by atoms with Crippen LogP contribution in [0.5, 0.6) is 0 Å². The van der Waals surface area contributed by atoms with Crippen molar-refractivity contribution >= 4 is 27.5 Å². The molecule has 2 aliphatic heterocycles. The van der Waals surface area contributed by atoms with Crippen LogP contribution < -0.4 is 4.90 Å². The van der Waals surface area contributed by atoms with Crippen LogP contribution in [0, 0.1) is 0 Å². The standard InChI is InChI=1S/C17H22BrNO2/c1-19-16-8-5-12(10-13(16)11-17(19)20)15(18)7-6-14-4-2-3-9-21-14/h5,8,10,14-15H,2-4,6-7,9,11H2,1H3. The number of carbonyl (C=O) groups excluding carboxylic acids is 1. The van der Waals surface area contributed by atoms with Crippen molar-refractivity contribution in [1.29, 1.82) is 0 Å². The van der Waals surface area contributed by atoms with E-state index >= 15 is 0 Å². The molecule has 0 aromatic heterocycles. The molecule has 1 fully saturated rings. The topological polar surface area (TPSA) is 29.5 Å². The maximum Gasteiger partial charge on any atom is 0.231 e. The Kier molecular flexibility index (Phi) is 4.65. The summed E-state index contributed by atoms with van der Waals surface area (Å²) in [6.07, 6.45) is 6.85. The van der Waals surface area contributed by atoms with Gasteiger partial charge in [-0.2, -0.15) is 0 Å². The molecule has 3 nitrogen and oxygen atoms in total. The third kappa shape index (κ3) is 3.32. The minimum absolute atomic E-state index is 0.184. The average molecular weight is 352 g/mol. The molecule has 2 unspecified atom stereocenters. The molecule has 0 spiro atoms. The second kappa shape index (κ2) is 6.49. The van der Waals surface area contributed by atoms with Crippen molar-refractivity contribution in [3.05, 3.63) is 29.3 Å². The molecule has 1 aromatic rings. The summed E-state index contributed by atoms with van der Waals surface area (Å²) in [4.78, 5) is 13.8. The van der Waals surface area contributed by atoms with Crippen molar-refractivity contribution in [2.45, 2.75) is 49.5 Å². The summed E-state index contributed by atoms with van der Waals surface area (Å²) >= 11 is 3.80. The van der Waals surface area contributed by atoms with Crippen LogP contribution >= 0.6 is 15.9 Å². The number of likely N-dealkylation sites (N-methyl/N-ethyl adjacent to an activating group) is 1. The molecule has 1 saturated heterocycles. The number of rotatable bonds is 4. The van der Waals surface area contributed by atoms with E-state index < -0.39 is 0 Å². The SMILES string of the molecule is CN1C(=O)Cc2cc(C(Br)CCC3CCCCO3)ccc21. The summed E-state index contributed by atoms with van der Waals surface area (Å²) in [5.74, 6) is 0.184.